The molecule has 1 aromatic heterocycles. The summed E-state index contributed by atoms with van der Waals surface area (Å²) in [5.74, 6) is 1.11. The van der Waals surface area contributed by atoms with Gasteiger partial charge in [0, 0.05) is 33.7 Å². The van der Waals surface area contributed by atoms with Gasteiger partial charge >= 0.3 is 0 Å². The Morgan fingerprint density at radius 1 is 0.929 bits per heavy atom. The van der Waals surface area contributed by atoms with Gasteiger partial charge in [0.15, 0.2) is 5.43 Å². The van der Waals surface area contributed by atoms with Crippen molar-refractivity contribution in [3.8, 4) is 17.1 Å². The van der Waals surface area contributed by atoms with Crippen molar-refractivity contribution >= 4 is 34.2 Å². The van der Waals surface area contributed by atoms with Crippen molar-refractivity contribution in [2.24, 2.45) is 0 Å². The second-order valence-electron chi connectivity index (χ2n) is 6.42. The summed E-state index contributed by atoms with van der Waals surface area (Å²) in [6, 6.07) is 19.9. The number of rotatable bonds is 4. The highest BCUT2D eigenvalue weighted by Gasteiger charge is 2.17. The van der Waals surface area contributed by atoms with Crippen LogP contribution in [0.4, 0.5) is 0 Å². The molecule has 0 aliphatic carbocycles. The van der Waals surface area contributed by atoms with Crippen molar-refractivity contribution in [3.63, 3.8) is 0 Å². The van der Waals surface area contributed by atoms with Crippen LogP contribution in [0.15, 0.2) is 75.9 Å². The van der Waals surface area contributed by atoms with Crippen LogP contribution < -0.4 is 10.2 Å². The van der Waals surface area contributed by atoms with E-state index in [4.69, 9.17) is 32.4 Å². The SMILES string of the molecule is COc1ccc2c(=O)c(Cc3cccc(Cl)c3)c(-c3cccc(Cl)c3)oc2c1. The summed E-state index contributed by atoms with van der Waals surface area (Å²) in [5.41, 5.74) is 2.61. The van der Waals surface area contributed by atoms with Gasteiger partial charge in [-0.2, -0.15) is 0 Å². The molecule has 0 bridgehead atoms. The number of methoxy groups -OCH3 is 1. The molecular formula is C23H16Cl2O3. The number of benzene rings is 3. The summed E-state index contributed by atoms with van der Waals surface area (Å²) < 4.78 is 11.5. The molecule has 0 saturated carbocycles. The lowest BCUT2D eigenvalue weighted by Crippen LogP contribution is -2.12. The van der Waals surface area contributed by atoms with Crippen LogP contribution in [0.1, 0.15) is 11.1 Å². The Hall–Kier alpha value is -2.75. The molecule has 0 unspecified atom stereocenters. The first-order chi connectivity index (χ1) is 13.5. The van der Waals surface area contributed by atoms with E-state index < -0.39 is 0 Å². The molecular weight excluding hydrogens is 395 g/mol. The molecule has 140 valence electrons. The summed E-state index contributed by atoms with van der Waals surface area (Å²) in [4.78, 5) is 13.3. The molecule has 4 aromatic rings. The predicted molar refractivity (Wildman–Crippen MR) is 114 cm³/mol. The number of halogens is 2. The van der Waals surface area contributed by atoms with Crippen LogP contribution in [-0.2, 0) is 6.42 Å². The van der Waals surface area contributed by atoms with Gasteiger partial charge in [0.1, 0.15) is 17.1 Å². The minimum Gasteiger partial charge on any atom is -0.497 e. The standard InChI is InChI=1S/C23H16Cl2O3/c1-27-18-8-9-19-21(13-18)28-23(15-5-3-7-17(25)12-15)20(22(19)26)11-14-4-2-6-16(24)10-14/h2-10,12-13H,11H2,1H3. The molecule has 0 radical (unpaired) electrons. The van der Waals surface area contributed by atoms with Crippen molar-refractivity contribution < 1.29 is 9.15 Å². The molecule has 0 saturated heterocycles. The zero-order valence-electron chi connectivity index (χ0n) is 15.0. The third-order valence-corrected chi connectivity index (χ3v) is 5.02. The number of ether oxygens (including phenoxy) is 1. The zero-order valence-corrected chi connectivity index (χ0v) is 16.6. The van der Waals surface area contributed by atoms with Crippen molar-refractivity contribution in [3.05, 3.63) is 98.1 Å². The summed E-state index contributed by atoms with van der Waals surface area (Å²) in [6.07, 6.45) is 0.396. The fourth-order valence-electron chi connectivity index (χ4n) is 3.21. The quantitative estimate of drug-likeness (QED) is 0.392. The van der Waals surface area contributed by atoms with Crippen molar-refractivity contribution in [1.82, 2.24) is 0 Å². The van der Waals surface area contributed by atoms with E-state index in [0.29, 0.717) is 44.5 Å². The zero-order chi connectivity index (χ0) is 19.7. The molecule has 4 rings (SSSR count). The molecule has 3 aromatic carbocycles. The average molecular weight is 411 g/mol. The van der Waals surface area contributed by atoms with Gasteiger partial charge in [0.05, 0.1) is 12.5 Å². The number of hydrogen-bond donors (Lipinski definition) is 0. The Balaban J connectivity index is 1.98. The molecule has 0 fully saturated rings. The lowest BCUT2D eigenvalue weighted by Gasteiger charge is -2.12. The van der Waals surface area contributed by atoms with Crippen LogP contribution in [0.3, 0.4) is 0 Å². The van der Waals surface area contributed by atoms with Crippen LogP contribution >= 0.6 is 23.2 Å². The fraction of sp³-hybridized carbons (Fsp3) is 0.0870. The maximum atomic E-state index is 13.3. The molecule has 0 aliphatic rings. The molecule has 0 aliphatic heterocycles. The maximum absolute atomic E-state index is 13.3. The van der Waals surface area contributed by atoms with Crippen molar-refractivity contribution in [2.75, 3.05) is 7.11 Å². The van der Waals surface area contributed by atoms with Crippen LogP contribution in [-0.4, -0.2) is 7.11 Å². The monoisotopic (exact) mass is 410 g/mol. The molecule has 3 nitrogen and oxygen atoms in total. The van der Waals surface area contributed by atoms with E-state index in [-0.39, 0.29) is 5.43 Å². The minimum absolute atomic E-state index is 0.0844. The van der Waals surface area contributed by atoms with Gasteiger partial charge in [-0.05, 0) is 42.0 Å². The third-order valence-electron chi connectivity index (χ3n) is 4.55. The van der Waals surface area contributed by atoms with Gasteiger partial charge in [-0.3, -0.25) is 4.79 Å². The Bertz CT molecular complexity index is 1230. The average Bonchev–Trinajstić information content (AvgIpc) is 2.69. The topological polar surface area (TPSA) is 39.4 Å². The van der Waals surface area contributed by atoms with Crippen LogP contribution in [0.2, 0.25) is 10.0 Å². The highest BCUT2D eigenvalue weighted by atomic mass is 35.5. The van der Waals surface area contributed by atoms with Crippen LogP contribution in [0.5, 0.6) is 5.75 Å². The predicted octanol–water partition coefficient (Wildman–Crippen LogP) is 6.37. The van der Waals surface area contributed by atoms with E-state index in [1.54, 1.807) is 43.5 Å². The third kappa shape index (κ3) is 3.64. The van der Waals surface area contributed by atoms with E-state index in [9.17, 15) is 4.79 Å². The van der Waals surface area contributed by atoms with Crippen molar-refractivity contribution in [1.29, 1.82) is 0 Å². The first kappa shape index (κ1) is 18.6. The van der Waals surface area contributed by atoms with Gasteiger partial charge in [-0.15, -0.1) is 0 Å². The Morgan fingerprint density at radius 3 is 2.39 bits per heavy atom. The summed E-state index contributed by atoms with van der Waals surface area (Å²) in [6.45, 7) is 0. The molecule has 0 atom stereocenters. The maximum Gasteiger partial charge on any atom is 0.196 e. The smallest absolute Gasteiger partial charge is 0.196 e. The Kier molecular flexibility index (Phi) is 5.12. The first-order valence-corrected chi connectivity index (χ1v) is 9.45. The Labute approximate surface area is 172 Å². The lowest BCUT2D eigenvalue weighted by molar-refractivity contribution is 0.414. The lowest BCUT2D eigenvalue weighted by atomic mass is 9.98. The van der Waals surface area contributed by atoms with Crippen LogP contribution in [0.25, 0.3) is 22.3 Å². The highest BCUT2D eigenvalue weighted by Crippen LogP contribution is 2.31. The van der Waals surface area contributed by atoms with Gasteiger partial charge in [0.25, 0.3) is 0 Å². The molecule has 0 amide bonds. The fourth-order valence-corrected chi connectivity index (χ4v) is 3.62. The second kappa shape index (κ2) is 7.70. The van der Waals surface area contributed by atoms with E-state index >= 15 is 0 Å². The van der Waals surface area contributed by atoms with Gasteiger partial charge in [-0.1, -0.05) is 47.5 Å². The van der Waals surface area contributed by atoms with E-state index in [1.165, 1.54) is 0 Å². The highest BCUT2D eigenvalue weighted by molar-refractivity contribution is 6.31. The number of hydrogen-bond acceptors (Lipinski definition) is 3. The van der Waals surface area contributed by atoms with Gasteiger partial charge < -0.3 is 9.15 Å². The van der Waals surface area contributed by atoms with Crippen molar-refractivity contribution in [2.45, 2.75) is 6.42 Å². The van der Waals surface area contributed by atoms with Gasteiger partial charge in [-0.25, -0.2) is 0 Å². The number of fused-ring (bicyclic) bond motifs is 1. The largest absolute Gasteiger partial charge is 0.497 e. The first-order valence-electron chi connectivity index (χ1n) is 8.69. The normalized spacial score (nSPS) is 11.0. The molecule has 28 heavy (non-hydrogen) atoms. The Morgan fingerprint density at radius 2 is 1.68 bits per heavy atom. The summed E-state index contributed by atoms with van der Waals surface area (Å²) in [7, 11) is 1.57. The summed E-state index contributed by atoms with van der Waals surface area (Å²) in [5, 5.41) is 1.69. The van der Waals surface area contributed by atoms with Crippen LogP contribution in [0, 0.1) is 0 Å². The summed E-state index contributed by atoms with van der Waals surface area (Å²) >= 11 is 12.3. The second-order valence-corrected chi connectivity index (χ2v) is 7.29. The van der Waals surface area contributed by atoms with E-state index in [0.717, 1.165) is 11.1 Å². The molecule has 1 heterocycles. The van der Waals surface area contributed by atoms with Gasteiger partial charge in [0.2, 0.25) is 0 Å². The minimum atomic E-state index is -0.0844. The molecule has 0 N–H and O–H groups in total. The molecule has 5 heteroatoms. The van der Waals surface area contributed by atoms with E-state index in [1.807, 2.05) is 30.3 Å². The van der Waals surface area contributed by atoms with E-state index in [2.05, 4.69) is 0 Å². The molecule has 0 spiro atoms.